The molecule has 298 valence electrons. The Labute approximate surface area is 370 Å². The van der Waals surface area contributed by atoms with E-state index in [1.807, 2.05) is 92.1 Å². The summed E-state index contributed by atoms with van der Waals surface area (Å²) in [6, 6.07) is 41.4. The number of esters is 1. The van der Waals surface area contributed by atoms with Crippen LogP contribution in [0.15, 0.2) is 119 Å². The predicted octanol–water partition coefficient (Wildman–Crippen LogP) is 15.4. The third-order valence-corrected chi connectivity index (χ3v) is 14.4. The molecule has 5 rings (SSSR count). The number of aryl methyl sites for hydroxylation is 1. The number of ether oxygens (including phenoxy) is 1. The number of unbranched alkanes of at least 4 members (excludes halogenated alkanes) is 3. The molecule has 4 aromatic carbocycles. The minimum atomic E-state index is -0.788. The van der Waals surface area contributed by atoms with Gasteiger partial charge < -0.3 is 9.64 Å². The molecule has 0 fully saturated rings. The predicted molar refractivity (Wildman–Crippen MR) is 256 cm³/mol. The van der Waals surface area contributed by atoms with Crippen molar-refractivity contribution in [2.24, 2.45) is 5.41 Å². The molecule has 0 N–H and O–H groups in total. The number of para-hydroxylation sites is 2. The van der Waals surface area contributed by atoms with Gasteiger partial charge in [0.1, 0.15) is 10.1 Å². The van der Waals surface area contributed by atoms with Crippen molar-refractivity contribution in [1.29, 1.82) is 5.26 Å². The van der Waals surface area contributed by atoms with Gasteiger partial charge in [-0.15, -0.1) is 23.1 Å². The summed E-state index contributed by atoms with van der Waals surface area (Å²) < 4.78 is 7.57. The largest absolute Gasteiger partial charge is 0.460 e. The van der Waals surface area contributed by atoms with Gasteiger partial charge in [-0.2, -0.15) is 5.26 Å². The van der Waals surface area contributed by atoms with Crippen LogP contribution in [0.5, 0.6) is 0 Å². The number of nitrogens with zero attached hydrogens (tertiary/aromatic N) is 3. The molecular formula is C48H48BrN3O2S4. The van der Waals surface area contributed by atoms with Gasteiger partial charge in [0, 0.05) is 33.6 Å². The maximum Gasteiger partial charge on any atom is 0.306 e. The smallest absolute Gasteiger partial charge is 0.306 e. The Balaban J connectivity index is 1.25. The lowest BCUT2D eigenvalue weighted by atomic mass is 9.81. The second-order valence-electron chi connectivity index (χ2n) is 14.3. The van der Waals surface area contributed by atoms with E-state index in [-0.39, 0.29) is 24.2 Å². The summed E-state index contributed by atoms with van der Waals surface area (Å²) in [4.78, 5) is 20.2. The van der Waals surface area contributed by atoms with E-state index in [9.17, 15) is 10.1 Å². The summed E-state index contributed by atoms with van der Waals surface area (Å²) in [5, 5.41) is 10.3. The van der Waals surface area contributed by atoms with Gasteiger partial charge >= 0.3 is 5.97 Å². The van der Waals surface area contributed by atoms with E-state index in [1.54, 1.807) is 23.1 Å². The fourth-order valence-electron chi connectivity index (χ4n) is 6.63. The van der Waals surface area contributed by atoms with Crippen LogP contribution in [0.3, 0.4) is 0 Å². The van der Waals surface area contributed by atoms with Crippen LogP contribution < -0.4 is 4.90 Å². The molecule has 1 heterocycles. The van der Waals surface area contributed by atoms with Gasteiger partial charge in [0.25, 0.3) is 0 Å². The highest BCUT2D eigenvalue weighted by molar-refractivity contribution is 9.11. The lowest BCUT2D eigenvalue weighted by molar-refractivity contribution is -0.145. The molecule has 0 amide bonds. The molecule has 58 heavy (non-hydrogen) atoms. The van der Waals surface area contributed by atoms with Crippen LogP contribution in [0, 0.1) is 23.3 Å². The van der Waals surface area contributed by atoms with Crippen LogP contribution in [0.2, 0.25) is 0 Å². The number of carbonyl (C=O) groups is 1. The van der Waals surface area contributed by atoms with Crippen LogP contribution in [0.4, 0.5) is 17.1 Å². The maximum atomic E-state index is 13.0. The zero-order chi connectivity index (χ0) is 41.3. The number of anilines is 3. The van der Waals surface area contributed by atoms with Crippen molar-refractivity contribution in [3.05, 3.63) is 158 Å². The fraction of sp³-hybridized carbons (Fsp3) is 0.292. The van der Waals surface area contributed by atoms with E-state index in [1.165, 1.54) is 36.6 Å². The first kappa shape index (κ1) is 44.9. The van der Waals surface area contributed by atoms with Crippen molar-refractivity contribution < 1.29 is 9.53 Å². The maximum absolute atomic E-state index is 13.0. The van der Waals surface area contributed by atoms with E-state index in [0.29, 0.717) is 18.5 Å². The number of rotatable bonds is 19. The monoisotopic (exact) mass is 905 g/mol. The molecule has 0 radical (unpaired) electrons. The van der Waals surface area contributed by atoms with Gasteiger partial charge in [0.15, 0.2) is 5.70 Å². The second kappa shape index (κ2) is 22.8. The Morgan fingerprint density at radius 3 is 2.21 bits per heavy atom. The molecular weight excluding hydrogens is 859 g/mol. The summed E-state index contributed by atoms with van der Waals surface area (Å²) >= 11 is 13.9. The molecule has 0 aliphatic rings. The van der Waals surface area contributed by atoms with Crippen molar-refractivity contribution >= 4 is 101 Å². The number of hydrogen-bond acceptors (Lipinski definition) is 8. The third-order valence-electron chi connectivity index (χ3n) is 9.90. The highest BCUT2D eigenvalue weighted by Gasteiger charge is 2.31. The Kier molecular flexibility index (Phi) is 17.7. The van der Waals surface area contributed by atoms with Gasteiger partial charge in [0.2, 0.25) is 0 Å². The van der Waals surface area contributed by atoms with Crippen LogP contribution >= 0.6 is 63.0 Å². The molecule has 5 aromatic rings. The molecule has 0 saturated carbocycles. The van der Waals surface area contributed by atoms with E-state index in [0.717, 1.165) is 58.8 Å². The first-order valence-electron chi connectivity index (χ1n) is 19.4. The number of benzene rings is 4. The topological polar surface area (TPSA) is 57.7 Å². The van der Waals surface area contributed by atoms with Gasteiger partial charge in [-0.1, -0.05) is 123 Å². The Bertz CT molecular complexity index is 2170. The first-order valence-corrected chi connectivity index (χ1v) is 23.6. The number of thioether (sulfide) groups is 2. The lowest BCUT2D eigenvalue weighted by Crippen LogP contribution is -2.20. The zero-order valence-electron chi connectivity index (χ0n) is 33.2. The molecule has 2 atom stereocenters. The normalized spacial score (nSPS) is 12.8. The van der Waals surface area contributed by atoms with E-state index >= 15 is 0 Å². The number of hydrogen-bond donors (Lipinski definition) is 0. The van der Waals surface area contributed by atoms with Gasteiger partial charge in [-0.3, -0.25) is 4.79 Å². The molecule has 0 bridgehead atoms. The molecule has 0 aliphatic carbocycles. The average Bonchev–Trinajstić information content (AvgIpc) is 3.62. The standard InChI is InChI=1S/C48H48BrN3O2S4/c1-5-6-7-10-15-38-31-45(49)57-44(38)33-54-46(53)28-29-48(2,34-50)32-43(58-47(55)56-4)37-24-22-36(23-25-37)42(51-3)30-35-20-26-41(27-21-35)52(39-16-11-8-12-17-39)40-18-13-9-14-19-40/h8-9,11-14,16-27,30-31,43H,5-7,10,15,28-29,32-33H2,1-2,4H3/b42-30-. The number of nitriles is 1. The van der Waals surface area contributed by atoms with E-state index in [4.69, 9.17) is 23.5 Å². The van der Waals surface area contributed by atoms with Crippen LogP contribution in [0.25, 0.3) is 16.6 Å². The molecule has 5 nitrogen and oxygen atoms in total. The summed E-state index contributed by atoms with van der Waals surface area (Å²) in [7, 11) is 0. The highest BCUT2D eigenvalue weighted by atomic mass is 79.9. The van der Waals surface area contributed by atoms with E-state index in [2.05, 4.69) is 81.1 Å². The van der Waals surface area contributed by atoms with E-state index < -0.39 is 5.41 Å². The van der Waals surface area contributed by atoms with Crippen molar-refractivity contribution in [3.8, 4) is 6.07 Å². The third kappa shape index (κ3) is 13.2. The molecule has 0 spiro atoms. The van der Waals surface area contributed by atoms with Crippen LogP contribution in [-0.2, 0) is 22.6 Å². The number of halogens is 1. The van der Waals surface area contributed by atoms with Gasteiger partial charge in [-0.05, 0) is 126 Å². The van der Waals surface area contributed by atoms with Gasteiger partial charge in [-0.25, -0.2) is 4.85 Å². The lowest BCUT2D eigenvalue weighted by Gasteiger charge is -2.27. The van der Waals surface area contributed by atoms with Crippen molar-refractivity contribution in [3.63, 3.8) is 0 Å². The summed E-state index contributed by atoms with van der Waals surface area (Å²) in [6.07, 6.45) is 10.6. The molecule has 0 saturated heterocycles. The molecule has 1 aromatic heterocycles. The van der Waals surface area contributed by atoms with Crippen molar-refractivity contribution in [2.45, 2.75) is 77.1 Å². The van der Waals surface area contributed by atoms with Crippen molar-refractivity contribution in [2.75, 3.05) is 11.2 Å². The van der Waals surface area contributed by atoms with Crippen molar-refractivity contribution in [1.82, 2.24) is 0 Å². The summed E-state index contributed by atoms with van der Waals surface area (Å²) in [5.74, 6) is -0.297. The summed E-state index contributed by atoms with van der Waals surface area (Å²) in [6.45, 7) is 12.4. The first-order chi connectivity index (χ1) is 28.1. The minimum Gasteiger partial charge on any atom is -0.460 e. The molecule has 0 aliphatic heterocycles. The minimum absolute atomic E-state index is 0.113. The quantitative estimate of drug-likeness (QED) is 0.0269. The molecule has 2 unspecified atom stereocenters. The van der Waals surface area contributed by atoms with Gasteiger partial charge in [0.05, 0.1) is 21.8 Å². The van der Waals surface area contributed by atoms with Crippen LogP contribution in [0.1, 0.15) is 91.2 Å². The number of carbonyl (C=O) groups excluding carboxylic acids is 1. The Hall–Kier alpha value is -4.16. The SMILES string of the molecule is [C-]#[N+]/C(=C\c1ccc(N(c2ccccc2)c2ccccc2)cc1)c1ccc(C(CC(C)(C#N)CCC(=O)OCc2sc(Br)cc2CCCCCC)SC(=S)SC)cc1. The highest BCUT2D eigenvalue weighted by Crippen LogP contribution is 2.44. The number of thiophene rings is 1. The second-order valence-corrected chi connectivity index (χ2v) is 20.0. The molecule has 10 heteroatoms. The van der Waals surface area contributed by atoms with Crippen LogP contribution in [-0.4, -0.2) is 15.8 Å². The fourth-order valence-corrected chi connectivity index (χ4v) is 10.4. The Morgan fingerprint density at radius 2 is 1.62 bits per heavy atom. The number of thiocarbonyl (C=S) groups is 1. The Morgan fingerprint density at radius 1 is 0.983 bits per heavy atom. The zero-order valence-corrected chi connectivity index (χ0v) is 38.0. The average molecular weight is 907 g/mol. The summed E-state index contributed by atoms with van der Waals surface area (Å²) in [5.41, 5.74) is 6.87.